The van der Waals surface area contributed by atoms with E-state index < -0.39 is 0 Å². The summed E-state index contributed by atoms with van der Waals surface area (Å²) in [5.41, 5.74) is 1.53. The molecule has 2 fully saturated rings. The quantitative estimate of drug-likeness (QED) is 0.748. The molecule has 5 nitrogen and oxygen atoms in total. The van der Waals surface area contributed by atoms with Crippen LogP contribution >= 0.6 is 11.6 Å². The van der Waals surface area contributed by atoms with E-state index in [9.17, 15) is 14.0 Å². The van der Waals surface area contributed by atoms with Crippen molar-refractivity contribution in [2.75, 3.05) is 32.7 Å². The Morgan fingerprint density at radius 2 is 1.83 bits per heavy atom. The largest absolute Gasteiger partial charge is 0.337 e. The second-order valence-corrected chi connectivity index (χ2v) is 8.32. The summed E-state index contributed by atoms with van der Waals surface area (Å²) in [6.07, 6.45) is 1.61. The molecular formula is C23H25ClFN3O2. The van der Waals surface area contributed by atoms with Gasteiger partial charge in [0, 0.05) is 49.9 Å². The summed E-state index contributed by atoms with van der Waals surface area (Å²) in [7, 11) is 0. The zero-order chi connectivity index (χ0) is 21.1. The third kappa shape index (κ3) is 4.65. The lowest BCUT2D eigenvalue weighted by atomic mass is 10.2. The molecule has 7 heteroatoms. The average molecular weight is 430 g/mol. The van der Waals surface area contributed by atoms with Crippen molar-refractivity contribution in [3.8, 4) is 0 Å². The minimum Gasteiger partial charge on any atom is -0.337 e. The number of rotatable bonds is 4. The molecule has 0 N–H and O–H groups in total. The van der Waals surface area contributed by atoms with E-state index in [0.717, 1.165) is 24.9 Å². The van der Waals surface area contributed by atoms with E-state index in [1.165, 1.54) is 12.1 Å². The van der Waals surface area contributed by atoms with E-state index >= 15 is 0 Å². The maximum absolute atomic E-state index is 13.1. The van der Waals surface area contributed by atoms with Crippen LogP contribution in [0, 0.1) is 5.82 Å². The minimum atomic E-state index is -0.272. The molecule has 0 saturated carbocycles. The maximum atomic E-state index is 13.1. The summed E-state index contributed by atoms with van der Waals surface area (Å²) >= 11 is 6.03. The highest BCUT2D eigenvalue weighted by molar-refractivity contribution is 6.30. The molecule has 2 aliphatic rings. The molecule has 4 rings (SSSR count). The van der Waals surface area contributed by atoms with E-state index in [1.807, 2.05) is 9.80 Å². The van der Waals surface area contributed by atoms with Crippen LogP contribution in [0.4, 0.5) is 4.39 Å². The van der Waals surface area contributed by atoms with Crippen LogP contribution in [0.2, 0.25) is 5.02 Å². The summed E-state index contributed by atoms with van der Waals surface area (Å²) in [6, 6.07) is 13.2. The van der Waals surface area contributed by atoms with Crippen LogP contribution in [0.25, 0.3) is 0 Å². The van der Waals surface area contributed by atoms with Crippen LogP contribution < -0.4 is 0 Å². The maximum Gasteiger partial charge on any atom is 0.253 e. The van der Waals surface area contributed by atoms with Gasteiger partial charge in [-0.2, -0.15) is 0 Å². The first-order valence-corrected chi connectivity index (χ1v) is 10.7. The zero-order valence-corrected chi connectivity index (χ0v) is 17.5. The molecule has 0 bridgehead atoms. The van der Waals surface area contributed by atoms with Crippen LogP contribution in [0.1, 0.15) is 28.8 Å². The van der Waals surface area contributed by atoms with E-state index in [0.29, 0.717) is 43.3 Å². The molecule has 2 heterocycles. The van der Waals surface area contributed by atoms with Crippen molar-refractivity contribution in [3.05, 3.63) is 70.5 Å². The Morgan fingerprint density at radius 1 is 1.03 bits per heavy atom. The fraction of sp³-hybridized carbons (Fsp3) is 0.391. The van der Waals surface area contributed by atoms with Gasteiger partial charge in [-0.15, -0.1) is 0 Å². The second kappa shape index (κ2) is 9.14. The Kier molecular flexibility index (Phi) is 6.35. The van der Waals surface area contributed by atoms with Crippen LogP contribution in [0.3, 0.4) is 0 Å². The summed E-state index contributed by atoms with van der Waals surface area (Å²) < 4.78 is 13.1. The number of amides is 2. The van der Waals surface area contributed by atoms with Crippen LogP contribution in [0.15, 0.2) is 48.5 Å². The Balaban J connectivity index is 1.35. The molecule has 2 amide bonds. The number of carbonyl (C=O) groups is 2. The first-order valence-electron chi connectivity index (χ1n) is 10.3. The third-order valence-electron chi connectivity index (χ3n) is 5.89. The molecule has 0 aromatic heterocycles. The van der Waals surface area contributed by atoms with Gasteiger partial charge in [-0.25, -0.2) is 4.39 Å². The Bertz CT molecular complexity index is 921. The van der Waals surface area contributed by atoms with E-state index in [2.05, 4.69) is 4.90 Å². The highest BCUT2D eigenvalue weighted by atomic mass is 35.5. The number of halogens is 2. The highest BCUT2D eigenvalue weighted by Gasteiger charge is 2.36. The predicted molar refractivity (Wildman–Crippen MR) is 114 cm³/mol. The molecule has 2 aromatic carbocycles. The molecule has 1 atom stereocenters. The Labute approximate surface area is 181 Å². The third-order valence-corrected chi connectivity index (χ3v) is 6.12. The topological polar surface area (TPSA) is 43.9 Å². The van der Waals surface area contributed by atoms with Crippen molar-refractivity contribution in [1.29, 1.82) is 0 Å². The molecule has 158 valence electrons. The number of hydrogen-bond acceptors (Lipinski definition) is 3. The van der Waals surface area contributed by atoms with E-state index in [4.69, 9.17) is 11.6 Å². The Hall–Kier alpha value is -2.44. The normalized spacial score (nSPS) is 20.5. The molecule has 0 unspecified atom stereocenters. The number of nitrogens with zero attached hydrogens (tertiary/aromatic N) is 3. The second-order valence-electron chi connectivity index (χ2n) is 7.88. The van der Waals surface area contributed by atoms with Gasteiger partial charge in [-0.1, -0.05) is 29.8 Å². The van der Waals surface area contributed by atoms with Gasteiger partial charge in [0.15, 0.2) is 0 Å². The molecular weight excluding hydrogens is 405 g/mol. The fourth-order valence-corrected chi connectivity index (χ4v) is 4.48. The SMILES string of the molecule is O=C(c1cccc(Cl)c1)N1CCCN([C@H]2CCN(Cc3ccc(F)cc3)C2=O)CC1. The van der Waals surface area contributed by atoms with Gasteiger partial charge in [-0.3, -0.25) is 14.5 Å². The molecule has 0 aliphatic carbocycles. The lowest BCUT2D eigenvalue weighted by Crippen LogP contribution is -2.44. The predicted octanol–water partition coefficient (Wildman–Crippen LogP) is 3.43. The standard InChI is InChI=1S/C23H25ClFN3O2/c24-19-4-1-3-18(15-19)22(29)27-11-2-10-26(13-14-27)21-9-12-28(23(21)30)16-17-5-7-20(25)8-6-17/h1,3-8,15,21H,2,9-14,16H2/t21-/m0/s1. The van der Waals surface area contributed by atoms with Crippen molar-refractivity contribution in [1.82, 2.24) is 14.7 Å². The lowest BCUT2D eigenvalue weighted by Gasteiger charge is -2.26. The minimum absolute atomic E-state index is 0.0185. The van der Waals surface area contributed by atoms with Gasteiger partial charge in [0.25, 0.3) is 5.91 Å². The highest BCUT2D eigenvalue weighted by Crippen LogP contribution is 2.22. The van der Waals surface area contributed by atoms with Gasteiger partial charge >= 0.3 is 0 Å². The van der Waals surface area contributed by atoms with Gasteiger partial charge in [0.2, 0.25) is 5.91 Å². The van der Waals surface area contributed by atoms with Gasteiger partial charge in [0.1, 0.15) is 5.82 Å². The monoisotopic (exact) mass is 429 g/mol. The molecule has 30 heavy (non-hydrogen) atoms. The van der Waals surface area contributed by atoms with Crippen LogP contribution in [-0.4, -0.2) is 65.3 Å². The lowest BCUT2D eigenvalue weighted by molar-refractivity contribution is -0.132. The zero-order valence-electron chi connectivity index (χ0n) is 16.8. The summed E-state index contributed by atoms with van der Waals surface area (Å²) in [4.78, 5) is 31.7. The number of likely N-dealkylation sites (tertiary alicyclic amines) is 1. The fourth-order valence-electron chi connectivity index (χ4n) is 4.28. The van der Waals surface area contributed by atoms with E-state index in [1.54, 1.807) is 36.4 Å². The van der Waals surface area contributed by atoms with Crippen molar-refractivity contribution in [2.24, 2.45) is 0 Å². The van der Waals surface area contributed by atoms with E-state index in [-0.39, 0.29) is 23.7 Å². The van der Waals surface area contributed by atoms with Crippen LogP contribution in [-0.2, 0) is 11.3 Å². The van der Waals surface area contributed by atoms with Crippen molar-refractivity contribution in [3.63, 3.8) is 0 Å². The van der Waals surface area contributed by atoms with Crippen molar-refractivity contribution < 1.29 is 14.0 Å². The summed E-state index contributed by atoms with van der Waals surface area (Å²) in [5.74, 6) is -0.171. The molecule has 2 aliphatic heterocycles. The number of hydrogen-bond donors (Lipinski definition) is 0. The summed E-state index contributed by atoms with van der Waals surface area (Å²) in [6.45, 7) is 3.92. The van der Waals surface area contributed by atoms with Gasteiger partial charge in [-0.05, 0) is 48.7 Å². The summed E-state index contributed by atoms with van der Waals surface area (Å²) in [5, 5.41) is 0.551. The number of benzene rings is 2. The van der Waals surface area contributed by atoms with Gasteiger partial charge in [0.05, 0.1) is 6.04 Å². The van der Waals surface area contributed by atoms with Crippen molar-refractivity contribution >= 4 is 23.4 Å². The molecule has 0 radical (unpaired) electrons. The molecule has 2 aromatic rings. The van der Waals surface area contributed by atoms with Crippen molar-refractivity contribution in [2.45, 2.75) is 25.4 Å². The first kappa shape index (κ1) is 20.8. The Morgan fingerprint density at radius 3 is 2.60 bits per heavy atom. The van der Waals surface area contributed by atoms with Crippen LogP contribution in [0.5, 0.6) is 0 Å². The average Bonchev–Trinajstić information content (AvgIpc) is 2.95. The first-order chi connectivity index (χ1) is 14.5. The number of carbonyl (C=O) groups excluding carboxylic acids is 2. The van der Waals surface area contributed by atoms with Gasteiger partial charge < -0.3 is 9.80 Å². The molecule has 2 saturated heterocycles. The molecule has 0 spiro atoms. The smallest absolute Gasteiger partial charge is 0.253 e.